The Morgan fingerprint density at radius 3 is 2.64 bits per heavy atom. The highest BCUT2D eigenvalue weighted by molar-refractivity contribution is 7.20. The van der Waals surface area contributed by atoms with Crippen molar-refractivity contribution in [2.24, 2.45) is 0 Å². The molecule has 0 radical (unpaired) electrons. The highest BCUT2D eigenvalue weighted by Gasteiger charge is 2.17. The lowest BCUT2D eigenvalue weighted by molar-refractivity contribution is 0.0832. The van der Waals surface area contributed by atoms with E-state index in [1.807, 2.05) is 17.7 Å². The van der Waals surface area contributed by atoms with Crippen LogP contribution in [-0.4, -0.2) is 34.7 Å². The Labute approximate surface area is 131 Å². The molecule has 0 saturated heterocycles. The minimum atomic E-state index is -0.250. The number of carbonyl (C=O) groups is 1. The van der Waals surface area contributed by atoms with Crippen molar-refractivity contribution in [3.8, 4) is 0 Å². The lowest BCUT2D eigenvalue weighted by Gasteiger charge is -2.07. The number of halogens is 1. The molecule has 0 atom stereocenters. The monoisotopic (exact) mass is 317 g/mol. The van der Waals surface area contributed by atoms with Crippen molar-refractivity contribution in [3.63, 3.8) is 0 Å². The molecule has 0 aliphatic heterocycles. The first-order chi connectivity index (χ1) is 10.5. The summed E-state index contributed by atoms with van der Waals surface area (Å²) < 4.78 is 14.9. The second-order valence-electron chi connectivity index (χ2n) is 5.40. The zero-order valence-electron chi connectivity index (χ0n) is 12.6. The third kappa shape index (κ3) is 2.62. The van der Waals surface area contributed by atoms with E-state index < -0.39 is 0 Å². The largest absolute Gasteiger partial charge is 0.344 e. The molecule has 1 aromatic carbocycles. The summed E-state index contributed by atoms with van der Waals surface area (Å²) in [5.41, 5.74) is 1.87. The zero-order valence-corrected chi connectivity index (χ0v) is 13.4. The lowest BCUT2D eigenvalue weighted by atomic mass is 10.2. The van der Waals surface area contributed by atoms with Gasteiger partial charge in [-0.2, -0.15) is 5.10 Å². The number of rotatable bonds is 3. The number of amides is 1. The topological polar surface area (TPSA) is 38.1 Å². The van der Waals surface area contributed by atoms with Gasteiger partial charge in [-0.15, -0.1) is 11.3 Å². The van der Waals surface area contributed by atoms with E-state index in [2.05, 4.69) is 5.10 Å². The van der Waals surface area contributed by atoms with Crippen molar-refractivity contribution in [2.75, 3.05) is 14.1 Å². The van der Waals surface area contributed by atoms with Crippen LogP contribution in [-0.2, 0) is 6.54 Å². The van der Waals surface area contributed by atoms with E-state index in [0.29, 0.717) is 11.4 Å². The molecule has 3 aromatic rings. The van der Waals surface area contributed by atoms with Crippen LogP contribution in [0.5, 0.6) is 0 Å². The number of carbonyl (C=O) groups excluding carboxylic acids is 1. The standard InChI is InChI=1S/C16H16FN3OS/c1-10-13-8-14(15(21)19(2)3)22-16(13)20(18-10)9-11-4-6-12(17)7-5-11/h4-8H,9H2,1-3H3. The average Bonchev–Trinajstić information content (AvgIpc) is 3.03. The Balaban J connectivity index is 1.99. The number of thiophene rings is 1. The van der Waals surface area contributed by atoms with E-state index >= 15 is 0 Å². The normalized spacial score (nSPS) is 11.1. The highest BCUT2D eigenvalue weighted by atomic mass is 32.1. The Morgan fingerprint density at radius 1 is 1.32 bits per heavy atom. The molecule has 0 bridgehead atoms. The Kier molecular flexibility index (Phi) is 3.70. The van der Waals surface area contributed by atoms with E-state index in [1.54, 1.807) is 31.1 Å². The second-order valence-corrected chi connectivity index (χ2v) is 6.43. The smallest absolute Gasteiger partial charge is 0.263 e. The summed E-state index contributed by atoms with van der Waals surface area (Å²) in [7, 11) is 3.48. The molecule has 0 saturated carbocycles. The summed E-state index contributed by atoms with van der Waals surface area (Å²) >= 11 is 1.44. The van der Waals surface area contributed by atoms with Gasteiger partial charge in [-0.1, -0.05) is 12.1 Å². The molecule has 4 nitrogen and oxygen atoms in total. The van der Waals surface area contributed by atoms with Crippen LogP contribution >= 0.6 is 11.3 Å². The van der Waals surface area contributed by atoms with Crippen molar-refractivity contribution in [1.29, 1.82) is 0 Å². The molecule has 0 fully saturated rings. The first-order valence-corrected chi connectivity index (χ1v) is 7.70. The molecule has 0 N–H and O–H groups in total. The quantitative estimate of drug-likeness (QED) is 0.743. The maximum atomic E-state index is 13.0. The van der Waals surface area contributed by atoms with Crippen LogP contribution in [0, 0.1) is 12.7 Å². The number of benzene rings is 1. The molecule has 3 rings (SSSR count). The number of hydrogen-bond acceptors (Lipinski definition) is 3. The van der Waals surface area contributed by atoms with Gasteiger partial charge in [0.05, 0.1) is 17.1 Å². The minimum absolute atomic E-state index is 0.00562. The van der Waals surface area contributed by atoms with Gasteiger partial charge in [-0.05, 0) is 30.7 Å². The molecule has 0 spiro atoms. The first-order valence-electron chi connectivity index (χ1n) is 6.89. The molecule has 0 aliphatic rings. The van der Waals surface area contributed by atoms with Crippen molar-refractivity contribution >= 4 is 27.5 Å². The van der Waals surface area contributed by atoms with Crippen molar-refractivity contribution in [2.45, 2.75) is 13.5 Å². The van der Waals surface area contributed by atoms with E-state index in [4.69, 9.17) is 0 Å². The predicted molar refractivity (Wildman–Crippen MR) is 85.9 cm³/mol. The lowest BCUT2D eigenvalue weighted by Crippen LogP contribution is -2.20. The van der Waals surface area contributed by atoms with Crippen molar-refractivity contribution < 1.29 is 9.18 Å². The Bertz CT molecular complexity index is 833. The van der Waals surface area contributed by atoms with Crippen LogP contribution in [0.25, 0.3) is 10.2 Å². The van der Waals surface area contributed by atoms with Crippen LogP contribution < -0.4 is 0 Å². The fraction of sp³-hybridized carbons (Fsp3) is 0.250. The van der Waals surface area contributed by atoms with E-state index in [1.165, 1.54) is 23.5 Å². The fourth-order valence-electron chi connectivity index (χ4n) is 2.31. The van der Waals surface area contributed by atoms with Gasteiger partial charge in [-0.25, -0.2) is 4.39 Å². The zero-order chi connectivity index (χ0) is 15.9. The molecular weight excluding hydrogens is 301 g/mol. The molecule has 0 aliphatic carbocycles. The number of aromatic nitrogens is 2. The van der Waals surface area contributed by atoms with Crippen molar-refractivity contribution in [3.05, 3.63) is 52.3 Å². The number of fused-ring (bicyclic) bond motifs is 1. The molecule has 2 heterocycles. The molecule has 1 amide bonds. The third-order valence-electron chi connectivity index (χ3n) is 3.47. The molecule has 114 valence electrons. The number of nitrogens with zero attached hydrogens (tertiary/aromatic N) is 3. The maximum absolute atomic E-state index is 13.0. The van der Waals surface area contributed by atoms with Crippen LogP contribution in [0.2, 0.25) is 0 Å². The molecular formula is C16H16FN3OS. The fourth-order valence-corrected chi connectivity index (χ4v) is 3.49. The van der Waals surface area contributed by atoms with E-state index in [-0.39, 0.29) is 11.7 Å². The van der Waals surface area contributed by atoms with Crippen LogP contribution in [0.4, 0.5) is 4.39 Å². The van der Waals surface area contributed by atoms with E-state index in [0.717, 1.165) is 21.5 Å². The van der Waals surface area contributed by atoms with Gasteiger partial charge >= 0.3 is 0 Å². The number of hydrogen-bond donors (Lipinski definition) is 0. The van der Waals surface area contributed by atoms with E-state index in [9.17, 15) is 9.18 Å². The third-order valence-corrected chi connectivity index (χ3v) is 4.61. The van der Waals surface area contributed by atoms with Gasteiger partial charge in [0.25, 0.3) is 5.91 Å². The van der Waals surface area contributed by atoms with Gasteiger partial charge < -0.3 is 4.90 Å². The maximum Gasteiger partial charge on any atom is 0.263 e. The van der Waals surface area contributed by atoms with Gasteiger partial charge in [0.2, 0.25) is 0 Å². The Hall–Kier alpha value is -2.21. The average molecular weight is 317 g/mol. The summed E-state index contributed by atoms with van der Waals surface area (Å²) in [5.74, 6) is -0.255. The van der Waals surface area contributed by atoms with Gasteiger partial charge in [0.15, 0.2) is 0 Å². The van der Waals surface area contributed by atoms with Crippen LogP contribution in [0.1, 0.15) is 20.9 Å². The minimum Gasteiger partial charge on any atom is -0.344 e. The summed E-state index contributed by atoms with van der Waals surface area (Å²) in [5, 5.41) is 5.52. The van der Waals surface area contributed by atoms with Gasteiger partial charge in [0, 0.05) is 19.5 Å². The Morgan fingerprint density at radius 2 is 2.00 bits per heavy atom. The summed E-state index contributed by atoms with van der Waals surface area (Å²) in [6.45, 7) is 2.49. The molecule has 2 aromatic heterocycles. The summed E-state index contributed by atoms with van der Waals surface area (Å²) in [4.78, 5) is 15.3. The number of aryl methyl sites for hydroxylation is 1. The molecule has 0 unspecified atom stereocenters. The van der Waals surface area contributed by atoms with Gasteiger partial charge in [-0.3, -0.25) is 9.48 Å². The summed E-state index contributed by atoms with van der Waals surface area (Å²) in [6, 6.07) is 8.28. The second kappa shape index (κ2) is 5.53. The SMILES string of the molecule is Cc1nn(Cc2ccc(F)cc2)c2sc(C(=O)N(C)C)cc12. The predicted octanol–water partition coefficient (Wildman–Crippen LogP) is 3.30. The van der Waals surface area contributed by atoms with Crippen LogP contribution in [0.3, 0.4) is 0 Å². The van der Waals surface area contributed by atoms with Crippen LogP contribution in [0.15, 0.2) is 30.3 Å². The molecule has 6 heteroatoms. The van der Waals surface area contributed by atoms with Crippen molar-refractivity contribution in [1.82, 2.24) is 14.7 Å². The first kappa shape index (κ1) is 14.7. The molecule has 22 heavy (non-hydrogen) atoms. The van der Waals surface area contributed by atoms with Gasteiger partial charge in [0.1, 0.15) is 10.6 Å². The summed E-state index contributed by atoms with van der Waals surface area (Å²) in [6.07, 6.45) is 0. The highest BCUT2D eigenvalue weighted by Crippen LogP contribution is 2.29.